The van der Waals surface area contributed by atoms with E-state index in [2.05, 4.69) is 16.1 Å². The second kappa shape index (κ2) is 6.32. The minimum Gasteiger partial charge on any atom is -0.334 e. The maximum atomic E-state index is 11.7. The van der Waals surface area contributed by atoms with E-state index in [9.17, 15) is 4.79 Å². The Morgan fingerprint density at radius 1 is 1.36 bits per heavy atom. The number of amides is 1. The zero-order valence-electron chi connectivity index (χ0n) is 12.9. The van der Waals surface area contributed by atoms with Gasteiger partial charge in [0.15, 0.2) is 0 Å². The average Bonchev–Trinajstić information content (AvgIpc) is 2.91. The maximum Gasteiger partial charge on any atom is 0.225 e. The summed E-state index contributed by atoms with van der Waals surface area (Å²) in [5, 5.41) is 2.86. The van der Waals surface area contributed by atoms with Gasteiger partial charge >= 0.3 is 0 Å². The zero-order valence-corrected chi connectivity index (χ0v) is 12.9. The predicted octanol–water partition coefficient (Wildman–Crippen LogP) is 2.56. The molecule has 1 aliphatic heterocycles. The van der Waals surface area contributed by atoms with Crippen LogP contribution in [-0.4, -0.2) is 21.5 Å². The molecule has 0 saturated carbocycles. The van der Waals surface area contributed by atoms with Crippen LogP contribution < -0.4 is 11.1 Å². The number of carbonyl (C=O) groups excluding carboxylic acids is 1. The maximum absolute atomic E-state index is 11.7. The molecule has 3 N–H and O–H groups in total. The number of rotatable bonds is 4. The van der Waals surface area contributed by atoms with Gasteiger partial charge in [-0.25, -0.2) is 4.98 Å². The molecule has 1 aliphatic rings. The molecule has 0 saturated heterocycles. The van der Waals surface area contributed by atoms with E-state index in [1.807, 2.05) is 31.2 Å². The molecule has 0 spiro atoms. The summed E-state index contributed by atoms with van der Waals surface area (Å²) >= 11 is 0. The highest BCUT2D eigenvalue weighted by Gasteiger charge is 2.13. The molecule has 3 rings (SSSR count). The number of anilines is 1. The molecule has 0 radical (unpaired) electrons. The zero-order chi connectivity index (χ0) is 15.5. The van der Waals surface area contributed by atoms with E-state index in [-0.39, 0.29) is 11.9 Å². The smallest absolute Gasteiger partial charge is 0.225 e. The lowest BCUT2D eigenvalue weighted by Gasteiger charge is -2.11. The van der Waals surface area contributed by atoms with Gasteiger partial charge in [0.25, 0.3) is 0 Å². The minimum absolute atomic E-state index is 0.0554. The first-order valence-electron chi connectivity index (χ1n) is 7.84. The number of nitrogens with zero attached hydrogens (tertiary/aromatic N) is 2. The average molecular weight is 298 g/mol. The summed E-state index contributed by atoms with van der Waals surface area (Å²) in [6.45, 7) is 2.89. The fraction of sp³-hybridized carbons (Fsp3) is 0.412. The fourth-order valence-corrected chi connectivity index (χ4v) is 2.78. The van der Waals surface area contributed by atoms with E-state index in [1.165, 1.54) is 18.7 Å². The van der Waals surface area contributed by atoms with Gasteiger partial charge in [-0.05, 0) is 31.9 Å². The number of fused-ring (bicyclic) bond motifs is 1. The molecule has 5 nitrogen and oxygen atoms in total. The minimum atomic E-state index is -0.129. The number of aryl methyl sites for hydroxylation is 2. The first-order chi connectivity index (χ1) is 10.6. The van der Waals surface area contributed by atoms with Crippen molar-refractivity contribution in [1.29, 1.82) is 0 Å². The van der Waals surface area contributed by atoms with E-state index < -0.39 is 0 Å². The lowest BCUT2D eigenvalue weighted by Crippen LogP contribution is -2.23. The summed E-state index contributed by atoms with van der Waals surface area (Å²) in [5.41, 5.74) is 8.49. The molecule has 5 heteroatoms. The number of imidazole rings is 1. The van der Waals surface area contributed by atoms with Crippen LogP contribution in [0.2, 0.25) is 0 Å². The van der Waals surface area contributed by atoms with Gasteiger partial charge in [0, 0.05) is 42.9 Å². The van der Waals surface area contributed by atoms with Crippen molar-refractivity contribution in [3.05, 3.63) is 36.3 Å². The van der Waals surface area contributed by atoms with Gasteiger partial charge in [-0.15, -0.1) is 0 Å². The van der Waals surface area contributed by atoms with Crippen molar-refractivity contribution >= 4 is 11.6 Å². The van der Waals surface area contributed by atoms with Crippen LogP contribution in [-0.2, 0) is 17.8 Å². The van der Waals surface area contributed by atoms with Gasteiger partial charge in [-0.3, -0.25) is 4.79 Å². The Hall–Kier alpha value is -2.14. The quantitative estimate of drug-likeness (QED) is 0.911. The third-order valence-electron chi connectivity index (χ3n) is 3.88. The first kappa shape index (κ1) is 14.8. The first-order valence-corrected chi connectivity index (χ1v) is 7.84. The second-order valence-corrected chi connectivity index (χ2v) is 6.00. The van der Waals surface area contributed by atoms with Crippen LogP contribution >= 0.6 is 0 Å². The lowest BCUT2D eigenvalue weighted by atomic mass is 10.1. The van der Waals surface area contributed by atoms with E-state index >= 15 is 0 Å². The van der Waals surface area contributed by atoms with E-state index in [4.69, 9.17) is 10.7 Å². The topological polar surface area (TPSA) is 72.9 Å². The van der Waals surface area contributed by atoms with Gasteiger partial charge in [-0.2, -0.15) is 0 Å². The number of carbonyl (C=O) groups is 1. The standard InChI is InChI=1S/C17H22N4O/c1-12(18)10-17(22)19-14-7-5-13(6-8-14)15-11-21-9-3-2-4-16(21)20-15/h5-8,11-12H,2-4,9-10,18H2,1H3,(H,19,22). The number of benzene rings is 1. The number of hydrogen-bond donors (Lipinski definition) is 2. The Labute approximate surface area is 130 Å². The van der Waals surface area contributed by atoms with Crippen molar-refractivity contribution in [2.24, 2.45) is 5.73 Å². The van der Waals surface area contributed by atoms with Crippen molar-refractivity contribution in [3.8, 4) is 11.3 Å². The summed E-state index contributed by atoms with van der Waals surface area (Å²) in [6.07, 6.45) is 5.97. The van der Waals surface area contributed by atoms with Gasteiger partial charge in [0.1, 0.15) is 5.82 Å². The van der Waals surface area contributed by atoms with Gasteiger partial charge in [0.2, 0.25) is 5.91 Å². The highest BCUT2D eigenvalue weighted by Crippen LogP contribution is 2.24. The Kier molecular flexibility index (Phi) is 4.24. The number of nitrogens with one attached hydrogen (secondary N) is 1. The van der Waals surface area contributed by atoms with Crippen LogP contribution in [0.25, 0.3) is 11.3 Å². The van der Waals surface area contributed by atoms with Crippen LogP contribution in [0.4, 0.5) is 5.69 Å². The van der Waals surface area contributed by atoms with Gasteiger partial charge < -0.3 is 15.6 Å². The summed E-state index contributed by atoms with van der Waals surface area (Å²) in [4.78, 5) is 16.4. The Balaban J connectivity index is 1.71. The van der Waals surface area contributed by atoms with Crippen LogP contribution in [0.15, 0.2) is 30.5 Å². The fourth-order valence-electron chi connectivity index (χ4n) is 2.78. The molecule has 0 fully saturated rings. The number of aromatic nitrogens is 2. The highest BCUT2D eigenvalue weighted by atomic mass is 16.1. The van der Waals surface area contributed by atoms with Crippen LogP contribution in [0, 0.1) is 0 Å². The lowest BCUT2D eigenvalue weighted by molar-refractivity contribution is -0.116. The molecule has 0 bridgehead atoms. The second-order valence-electron chi connectivity index (χ2n) is 6.00. The molecule has 2 aromatic rings. The monoisotopic (exact) mass is 298 g/mol. The SMILES string of the molecule is CC(N)CC(=O)Nc1ccc(-c2cn3c(n2)CCCC3)cc1. The molecule has 1 unspecified atom stereocenters. The van der Waals surface area contributed by atoms with Crippen LogP contribution in [0.5, 0.6) is 0 Å². The molecule has 2 heterocycles. The van der Waals surface area contributed by atoms with Crippen LogP contribution in [0.3, 0.4) is 0 Å². The van der Waals surface area contributed by atoms with Crippen molar-refractivity contribution in [2.75, 3.05) is 5.32 Å². The number of hydrogen-bond acceptors (Lipinski definition) is 3. The molecule has 0 aliphatic carbocycles. The molecule has 1 aromatic carbocycles. The Morgan fingerprint density at radius 2 is 2.14 bits per heavy atom. The molecular formula is C17H22N4O. The third-order valence-corrected chi connectivity index (χ3v) is 3.88. The normalized spacial score (nSPS) is 15.2. The summed E-state index contributed by atoms with van der Waals surface area (Å²) < 4.78 is 2.25. The van der Waals surface area contributed by atoms with E-state index in [1.54, 1.807) is 0 Å². The summed E-state index contributed by atoms with van der Waals surface area (Å²) in [7, 11) is 0. The third kappa shape index (κ3) is 3.36. The largest absolute Gasteiger partial charge is 0.334 e. The molecule has 22 heavy (non-hydrogen) atoms. The van der Waals surface area contributed by atoms with Crippen molar-refractivity contribution in [2.45, 2.75) is 45.2 Å². The van der Waals surface area contributed by atoms with Crippen LogP contribution in [0.1, 0.15) is 32.0 Å². The highest BCUT2D eigenvalue weighted by molar-refractivity contribution is 5.91. The van der Waals surface area contributed by atoms with Crippen molar-refractivity contribution < 1.29 is 4.79 Å². The number of nitrogens with two attached hydrogens (primary N) is 1. The van der Waals surface area contributed by atoms with Gasteiger partial charge in [0.05, 0.1) is 5.69 Å². The Bertz CT molecular complexity index is 634. The summed E-state index contributed by atoms with van der Waals surface area (Å²) in [5.74, 6) is 1.12. The molecule has 116 valence electrons. The van der Waals surface area contributed by atoms with Crippen molar-refractivity contribution in [3.63, 3.8) is 0 Å². The van der Waals surface area contributed by atoms with Gasteiger partial charge in [-0.1, -0.05) is 12.1 Å². The summed E-state index contributed by atoms with van der Waals surface area (Å²) in [6, 6.07) is 7.68. The van der Waals surface area contributed by atoms with Crippen molar-refractivity contribution in [1.82, 2.24) is 9.55 Å². The molecule has 1 atom stereocenters. The van der Waals surface area contributed by atoms with E-state index in [0.29, 0.717) is 6.42 Å². The van der Waals surface area contributed by atoms with E-state index in [0.717, 1.165) is 29.9 Å². The molecule has 1 amide bonds. The Morgan fingerprint density at radius 3 is 2.82 bits per heavy atom. The molecular weight excluding hydrogens is 276 g/mol. The molecule has 1 aromatic heterocycles. The predicted molar refractivity (Wildman–Crippen MR) is 87.5 cm³/mol.